The van der Waals surface area contributed by atoms with Crippen LogP contribution in [0.1, 0.15) is 43.6 Å². The summed E-state index contributed by atoms with van der Waals surface area (Å²) >= 11 is 1.82. The highest BCUT2D eigenvalue weighted by molar-refractivity contribution is 7.19. The number of anilines is 1. The molecule has 4 heterocycles. The van der Waals surface area contributed by atoms with Gasteiger partial charge in [-0.25, -0.2) is 9.97 Å². The van der Waals surface area contributed by atoms with Crippen molar-refractivity contribution in [2.75, 3.05) is 25.1 Å². The molecule has 0 saturated carbocycles. The van der Waals surface area contributed by atoms with E-state index in [1.165, 1.54) is 29.4 Å². The van der Waals surface area contributed by atoms with Crippen molar-refractivity contribution in [1.82, 2.24) is 15.0 Å². The Bertz CT molecular complexity index is 1130. The molecule has 7 heteroatoms. The Kier molecular flexibility index (Phi) is 5.16. The van der Waals surface area contributed by atoms with Crippen LogP contribution < -0.4 is 4.90 Å². The van der Waals surface area contributed by atoms with Crippen molar-refractivity contribution in [2.45, 2.75) is 46.0 Å². The Morgan fingerprint density at radius 2 is 2.13 bits per heavy atom. The molecule has 3 aromatic rings. The van der Waals surface area contributed by atoms with E-state index in [2.05, 4.69) is 9.88 Å². The highest BCUT2D eigenvalue weighted by atomic mass is 32.1. The van der Waals surface area contributed by atoms with Crippen molar-refractivity contribution in [2.24, 2.45) is 11.3 Å². The summed E-state index contributed by atoms with van der Waals surface area (Å²) in [6.45, 7) is 5.75. The first kappa shape index (κ1) is 20.4. The summed E-state index contributed by atoms with van der Waals surface area (Å²) in [5.41, 5.74) is 1.84. The number of esters is 1. The zero-order valence-corrected chi connectivity index (χ0v) is 19.2. The number of nitrogens with zero attached hydrogens (tertiary/aromatic N) is 4. The van der Waals surface area contributed by atoms with Crippen LogP contribution >= 0.6 is 11.3 Å². The van der Waals surface area contributed by atoms with Crippen molar-refractivity contribution in [3.05, 3.63) is 35.0 Å². The standard InChI is InChI=1S/C24H28N4O2S/c1-24(2,23(29)30-3)16-8-6-12-28(14-16)21-19-17-9-4-10-18(17)31-22(19)27-20(26-21)15-7-5-11-25-13-15/h5,7,11,13,16H,4,6,8-10,12,14H2,1-3H3. The van der Waals surface area contributed by atoms with E-state index in [4.69, 9.17) is 14.7 Å². The summed E-state index contributed by atoms with van der Waals surface area (Å²) in [7, 11) is 1.48. The first-order chi connectivity index (χ1) is 15.0. The molecule has 1 aliphatic carbocycles. The number of carbonyl (C=O) groups is 1. The molecule has 1 aliphatic heterocycles. The predicted octanol–water partition coefficient (Wildman–Crippen LogP) is 4.66. The van der Waals surface area contributed by atoms with E-state index in [1.807, 2.05) is 43.5 Å². The number of piperidine rings is 1. The summed E-state index contributed by atoms with van der Waals surface area (Å²) < 4.78 is 5.12. The van der Waals surface area contributed by atoms with Gasteiger partial charge in [-0.3, -0.25) is 9.78 Å². The molecule has 0 aromatic carbocycles. The minimum Gasteiger partial charge on any atom is -0.469 e. The lowest BCUT2D eigenvalue weighted by Crippen LogP contribution is -2.45. The lowest BCUT2D eigenvalue weighted by atomic mass is 9.74. The molecule has 1 fully saturated rings. The van der Waals surface area contributed by atoms with Gasteiger partial charge >= 0.3 is 5.97 Å². The number of thiophene rings is 1. The maximum absolute atomic E-state index is 12.5. The van der Waals surface area contributed by atoms with Crippen molar-refractivity contribution in [3.8, 4) is 11.4 Å². The zero-order valence-electron chi connectivity index (χ0n) is 18.4. The normalized spacial score (nSPS) is 18.9. The van der Waals surface area contributed by atoms with E-state index in [1.54, 1.807) is 6.20 Å². The SMILES string of the molecule is COC(=O)C(C)(C)C1CCCN(c2nc(-c3cccnc3)nc3sc4c(c23)CCC4)C1. The minimum atomic E-state index is -0.525. The Balaban J connectivity index is 1.60. The fraction of sp³-hybridized carbons (Fsp3) is 0.500. The maximum Gasteiger partial charge on any atom is 0.311 e. The molecule has 5 rings (SSSR count). The number of ether oxygens (including phenoxy) is 1. The molecule has 0 spiro atoms. The van der Waals surface area contributed by atoms with Gasteiger partial charge in [0.1, 0.15) is 10.6 Å². The molecule has 1 atom stereocenters. The Morgan fingerprint density at radius 1 is 1.26 bits per heavy atom. The van der Waals surface area contributed by atoms with Crippen molar-refractivity contribution in [3.63, 3.8) is 0 Å². The van der Waals surface area contributed by atoms with Crippen LogP contribution in [-0.4, -0.2) is 41.1 Å². The van der Waals surface area contributed by atoms with Gasteiger partial charge in [0, 0.05) is 35.9 Å². The highest BCUT2D eigenvalue weighted by Crippen LogP contribution is 2.43. The summed E-state index contributed by atoms with van der Waals surface area (Å²) in [5, 5.41) is 1.22. The van der Waals surface area contributed by atoms with Gasteiger partial charge < -0.3 is 9.64 Å². The molecule has 31 heavy (non-hydrogen) atoms. The number of rotatable bonds is 4. The molecule has 0 bridgehead atoms. The van der Waals surface area contributed by atoms with E-state index < -0.39 is 5.41 Å². The largest absolute Gasteiger partial charge is 0.469 e. The average molecular weight is 437 g/mol. The van der Waals surface area contributed by atoms with Gasteiger partial charge in [-0.15, -0.1) is 11.3 Å². The molecule has 6 nitrogen and oxygen atoms in total. The smallest absolute Gasteiger partial charge is 0.311 e. The first-order valence-corrected chi connectivity index (χ1v) is 11.9. The van der Waals surface area contributed by atoms with Crippen LogP contribution in [0.25, 0.3) is 21.6 Å². The van der Waals surface area contributed by atoms with Crippen LogP contribution in [0.5, 0.6) is 0 Å². The number of carbonyl (C=O) groups excluding carboxylic acids is 1. The molecular formula is C24H28N4O2S. The summed E-state index contributed by atoms with van der Waals surface area (Å²) in [4.78, 5) is 31.7. The topological polar surface area (TPSA) is 68.2 Å². The van der Waals surface area contributed by atoms with Gasteiger partial charge in [0.05, 0.1) is 17.9 Å². The van der Waals surface area contributed by atoms with Gasteiger partial charge in [0.25, 0.3) is 0 Å². The molecule has 0 N–H and O–H groups in total. The molecule has 1 saturated heterocycles. The quantitative estimate of drug-likeness (QED) is 0.554. The number of pyridine rings is 1. The third kappa shape index (κ3) is 3.49. The minimum absolute atomic E-state index is 0.139. The number of hydrogen-bond donors (Lipinski definition) is 0. The molecule has 2 aliphatic rings. The molecule has 1 unspecified atom stereocenters. The van der Waals surface area contributed by atoms with E-state index in [-0.39, 0.29) is 11.9 Å². The maximum atomic E-state index is 12.5. The third-order valence-corrected chi connectivity index (χ3v) is 8.10. The molecular weight excluding hydrogens is 408 g/mol. The number of methoxy groups -OCH3 is 1. The monoisotopic (exact) mass is 436 g/mol. The van der Waals surface area contributed by atoms with E-state index >= 15 is 0 Å². The van der Waals surface area contributed by atoms with E-state index in [0.717, 1.165) is 60.8 Å². The second-order valence-electron chi connectivity index (χ2n) is 9.15. The predicted molar refractivity (Wildman–Crippen MR) is 123 cm³/mol. The van der Waals surface area contributed by atoms with Crippen molar-refractivity contribution >= 4 is 33.3 Å². The second-order valence-corrected chi connectivity index (χ2v) is 10.2. The fourth-order valence-electron chi connectivity index (χ4n) is 5.02. The Labute approximate surface area is 186 Å². The molecule has 0 amide bonds. The Hall–Kier alpha value is -2.54. The third-order valence-electron chi connectivity index (χ3n) is 6.92. The summed E-state index contributed by atoms with van der Waals surface area (Å²) in [5.74, 6) is 1.82. The van der Waals surface area contributed by atoms with Crippen LogP contribution in [0.2, 0.25) is 0 Å². The highest BCUT2D eigenvalue weighted by Gasteiger charge is 2.41. The van der Waals surface area contributed by atoms with Crippen LogP contribution in [0.4, 0.5) is 5.82 Å². The van der Waals surface area contributed by atoms with Crippen LogP contribution in [0.15, 0.2) is 24.5 Å². The zero-order chi connectivity index (χ0) is 21.6. The number of aromatic nitrogens is 3. The first-order valence-electron chi connectivity index (χ1n) is 11.0. The van der Waals surface area contributed by atoms with Crippen LogP contribution in [-0.2, 0) is 22.4 Å². The van der Waals surface area contributed by atoms with Crippen LogP contribution in [0, 0.1) is 11.3 Å². The summed E-state index contributed by atoms with van der Waals surface area (Å²) in [6, 6.07) is 3.94. The molecule has 162 valence electrons. The molecule has 0 radical (unpaired) electrons. The number of fused-ring (bicyclic) bond motifs is 3. The van der Waals surface area contributed by atoms with E-state index in [0.29, 0.717) is 0 Å². The van der Waals surface area contributed by atoms with Crippen LogP contribution in [0.3, 0.4) is 0 Å². The van der Waals surface area contributed by atoms with Crippen molar-refractivity contribution < 1.29 is 9.53 Å². The fourth-order valence-corrected chi connectivity index (χ4v) is 6.27. The lowest BCUT2D eigenvalue weighted by molar-refractivity contribution is -0.154. The summed E-state index contributed by atoms with van der Waals surface area (Å²) in [6.07, 6.45) is 9.09. The van der Waals surface area contributed by atoms with Gasteiger partial charge in [-0.2, -0.15) is 0 Å². The van der Waals surface area contributed by atoms with Gasteiger partial charge in [0.2, 0.25) is 0 Å². The van der Waals surface area contributed by atoms with Gasteiger partial charge in [0.15, 0.2) is 5.82 Å². The number of aryl methyl sites for hydroxylation is 2. The van der Waals surface area contributed by atoms with Gasteiger partial charge in [-0.1, -0.05) is 0 Å². The second kappa shape index (κ2) is 7.86. The Morgan fingerprint density at radius 3 is 2.90 bits per heavy atom. The average Bonchev–Trinajstić information content (AvgIpc) is 3.39. The van der Waals surface area contributed by atoms with Gasteiger partial charge in [-0.05, 0) is 69.6 Å². The number of hydrogen-bond acceptors (Lipinski definition) is 7. The van der Waals surface area contributed by atoms with Crippen molar-refractivity contribution in [1.29, 1.82) is 0 Å². The van der Waals surface area contributed by atoms with E-state index in [9.17, 15) is 4.79 Å². The lowest BCUT2D eigenvalue weighted by Gasteiger charge is -2.40. The molecule has 3 aromatic heterocycles.